The van der Waals surface area contributed by atoms with Crippen molar-refractivity contribution in [2.75, 3.05) is 0 Å². The molecule has 0 aromatic heterocycles. The lowest BCUT2D eigenvalue weighted by molar-refractivity contribution is -0.143. The van der Waals surface area contributed by atoms with Gasteiger partial charge in [0.15, 0.2) is 23.3 Å². The van der Waals surface area contributed by atoms with Crippen LogP contribution in [0.5, 0.6) is 0 Å². The Hall–Kier alpha value is -1.70. The Labute approximate surface area is 125 Å². The summed E-state index contributed by atoms with van der Waals surface area (Å²) in [5.74, 6) is -9.04. The zero-order chi connectivity index (χ0) is 16.5. The van der Waals surface area contributed by atoms with Gasteiger partial charge < -0.3 is 0 Å². The molecule has 0 aliphatic heterocycles. The van der Waals surface area contributed by atoms with E-state index in [1.807, 2.05) is 0 Å². The van der Waals surface area contributed by atoms with Crippen molar-refractivity contribution in [2.45, 2.75) is 16.8 Å². The number of halogens is 7. The van der Waals surface area contributed by atoms with Crippen LogP contribution in [0, 0.1) is 23.3 Å². The van der Waals surface area contributed by atoms with Crippen molar-refractivity contribution in [2.24, 2.45) is 0 Å². The number of alkyl halides is 3. The predicted octanol–water partition coefficient (Wildman–Crippen LogP) is 5.55. The molecule has 0 heterocycles. The lowest BCUT2D eigenvalue weighted by atomic mass is 10.1. The van der Waals surface area contributed by atoms with Gasteiger partial charge in [-0.3, -0.25) is 0 Å². The summed E-state index contributed by atoms with van der Waals surface area (Å²) in [4.78, 5) is -1.12. The van der Waals surface area contributed by atoms with E-state index in [2.05, 4.69) is 0 Å². The van der Waals surface area contributed by atoms with Gasteiger partial charge in [0.1, 0.15) is 5.56 Å². The molecule has 0 aliphatic carbocycles. The number of benzene rings is 2. The lowest BCUT2D eigenvalue weighted by Crippen LogP contribution is -2.15. The molecular formula is C14H7F7S. The first-order chi connectivity index (χ1) is 10.2. The van der Waals surface area contributed by atoms with Crippen molar-refractivity contribution < 1.29 is 30.7 Å². The van der Waals surface area contributed by atoms with Gasteiger partial charge in [-0.25, -0.2) is 17.6 Å². The summed E-state index contributed by atoms with van der Waals surface area (Å²) in [6.45, 7) is 0. The van der Waals surface area contributed by atoms with E-state index in [1.54, 1.807) is 30.3 Å². The van der Waals surface area contributed by atoms with E-state index in [0.717, 1.165) is 0 Å². The molecule has 2 aromatic carbocycles. The summed E-state index contributed by atoms with van der Waals surface area (Å²) in [6.07, 6.45) is -5.53. The second-order valence-corrected chi connectivity index (χ2v) is 5.22. The third-order valence-electron chi connectivity index (χ3n) is 2.73. The molecule has 2 aromatic rings. The summed E-state index contributed by atoms with van der Waals surface area (Å²) in [6, 6.07) is 8.15. The van der Waals surface area contributed by atoms with Gasteiger partial charge in [0.2, 0.25) is 0 Å². The van der Waals surface area contributed by atoms with Crippen molar-refractivity contribution >= 4 is 11.8 Å². The molecule has 0 saturated heterocycles. The quantitative estimate of drug-likeness (QED) is 0.401. The molecule has 0 saturated carbocycles. The average Bonchev–Trinajstić information content (AvgIpc) is 2.45. The van der Waals surface area contributed by atoms with Gasteiger partial charge in [-0.2, -0.15) is 13.2 Å². The molecule has 0 unspecified atom stereocenters. The van der Waals surface area contributed by atoms with Crippen molar-refractivity contribution in [3.05, 3.63) is 64.7 Å². The Morgan fingerprint density at radius 2 is 1.27 bits per heavy atom. The van der Waals surface area contributed by atoms with Crippen LogP contribution in [0.15, 0.2) is 35.2 Å². The van der Waals surface area contributed by atoms with E-state index < -0.39 is 39.9 Å². The van der Waals surface area contributed by atoms with Crippen molar-refractivity contribution in [1.29, 1.82) is 0 Å². The maximum Gasteiger partial charge on any atom is 0.422 e. The van der Waals surface area contributed by atoms with E-state index in [9.17, 15) is 30.7 Å². The predicted molar refractivity (Wildman–Crippen MR) is 67.3 cm³/mol. The largest absolute Gasteiger partial charge is 0.422 e. The Bertz CT molecular complexity index is 651. The molecule has 0 fully saturated rings. The molecule has 0 amide bonds. The maximum atomic E-state index is 13.6. The Morgan fingerprint density at radius 3 is 1.73 bits per heavy atom. The van der Waals surface area contributed by atoms with Gasteiger partial charge in [0, 0.05) is 5.75 Å². The van der Waals surface area contributed by atoms with Crippen LogP contribution in [0.2, 0.25) is 0 Å². The van der Waals surface area contributed by atoms with Crippen LogP contribution < -0.4 is 0 Å². The Morgan fingerprint density at radius 1 is 0.773 bits per heavy atom. The van der Waals surface area contributed by atoms with Crippen molar-refractivity contribution in [3.63, 3.8) is 0 Å². The van der Waals surface area contributed by atoms with Crippen LogP contribution in [0.3, 0.4) is 0 Å². The van der Waals surface area contributed by atoms with Gasteiger partial charge in [0.05, 0.1) is 4.90 Å². The molecule has 118 valence electrons. The van der Waals surface area contributed by atoms with Gasteiger partial charge >= 0.3 is 6.18 Å². The smallest absolute Gasteiger partial charge is 0.203 e. The lowest BCUT2D eigenvalue weighted by Gasteiger charge is -2.13. The summed E-state index contributed by atoms with van der Waals surface area (Å²) in [5, 5.41) is 0. The first-order valence-electron chi connectivity index (χ1n) is 5.83. The normalized spacial score (nSPS) is 11.8. The summed E-state index contributed by atoms with van der Waals surface area (Å²) < 4.78 is 91.4. The summed E-state index contributed by atoms with van der Waals surface area (Å²) in [5.41, 5.74) is -1.97. The SMILES string of the molecule is Fc1c(F)c(C(F)(F)F)c(F)c(F)c1SCc1ccccc1. The van der Waals surface area contributed by atoms with E-state index in [1.165, 1.54) is 0 Å². The monoisotopic (exact) mass is 340 g/mol. The van der Waals surface area contributed by atoms with Crippen LogP contribution in [-0.2, 0) is 11.9 Å². The molecule has 0 nitrogen and oxygen atoms in total. The first-order valence-corrected chi connectivity index (χ1v) is 6.82. The molecule has 0 aliphatic rings. The zero-order valence-corrected chi connectivity index (χ0v) is 11.5. The molecule has 0 spiro atoms. The highest BCUT2D eigenvalue weighted by molar-refractivity contribution is 7.98. The molecule has 22 heavy (non-hydrogen) atoms. The third kappa shape index (κ3) is 3.21. The maximum absolute atomic E-state index is 13.6. The minimum atomic E-state index is -5.53. The van der Waals surface area contributed by atoms with E-state index >= 15 is 0 Å². The molecule has 0 N–H and O–H groups in total. The molecule has 0 atom stereocenters. The summed E-state index contributed by atoms with van der Waals surface area (Å²) in [7, 11) is 0. The fourth-order valence-electron chi connectivity index (χ4n) is 1.72. The molecule has 0 radical (unpaired) electrons. The van der Waals surface area contributed by atoms with E-state index in [0.29, 0.717) is 17.3 Å². The minimum absolute atomic E-state index is 0.0566. The van der Waals surface area contributed by atoms with Crippen molar-refractivity contribution in [1.82, 2.24) is 0 Å². The Kier molecular flexibility index (Phi) is 4.69. The average molecular weight is 340 g/mol. The molecular weight excluding hydrogens is 333 g/mol. The van der Waals surface area contributed by atoms with Crippen LogP contribution in [0.4, 0.5) is 30.7 Å². The van der Waals surface area contributed by atoms with E-state index in [-0.39, 0.29) is 5.75 Å². The highest BCUT2D eigenvalue weighted by Gasteiger charge is 2.42. The minimum Gasteiger partial charge on any atom is -0.203 e. The number of thioether (sulfide) groups is 1. The Balaban J connectivity index is 2.42. The van der Waals surface area contributed by atoms with Gasteiger partial charge in [-0.1, -0.05) is 30.3 Å². The fourth-order valence-corrected chi connectivity index (χ4v) is 2.65. The van der Waals surface area contributed by atoms with Gasteiger partial charge in [-0.15, -0.1) is 11.8 Å². The number of rotatable bonds is 3. The molecule has 0 bridgehead atoms. The molecule has 8 heteroatoms. The van der Waals surface area contributed by atoms with Gasteiger partial charge in [0.25, 0.3) is 0 Å². The third-order valence-corrected chi connectivity index (χ3v) is 3.86. The number of hydrogen-bond donors (Lipinski definition) is 0. The highest BCUT2D eigenvalue weighted by atomic mass is 32.2. The van der Waals surface area contributed by atoms with Crippen LogP contribution >= 0.6 is 11.8 Å². The highest BCUT2D eigenvalue weighted by Crippen LogP contribution is 2.40. The fraction of sp³-hybridized carbons (Fsp3) is 0.143. The van der Waals surface area contributed by atoms with Crippen LogP contribution in [-0.4, -0.2) is 0 Å². The van der Waals surface area contributed by atoms with Crippen LogP contribution in [0.1, 0.15) is 11.1 Å². The zero-order valence-electron chi connectivity index (χ0n) is 10.6. The number of hydrogen-bond acceptors (Lipinski definition) is 1. The van der Waals surface area contributed by atoms with Crippen LogP contribution in [0.25, 0.3) is 0 Å². The standard InChI is InChI=1S/C14H7F7S/c15-9-8(14(19,20)21)10(16)12(18)13(11(9)17)22-6-7-4-2-1-3-5-7/h1-5H,6H2. The topological polar surface area (TPSA) is 0 Å². The van der Waals surface area contributed by atoms with Gasteiger partial charge in [-0.05, 0) is 5.56 Å². The van der Waals surface area contributed by atoms with E-state index in [4.69, 9.17) is 0 Å². The first kappa shape index (κ1) is 16.7. The summed E-state index contributed by atoms with van der Waals surface area (Å²) >= 11 is 0.377. The second-order valence-electron chi connectivity index (χ2n) is 4.23. The van der Waals surface area contributed by atoms with Crippen molar-refractivity contribution in [3.8, 4) is 0 Å². The molecule has 2 rings (SSSR count). The second kappa shape index (κ2) is 6.20.